The maximum Gasteiger partial charge on any atom is 0.177 e. The molecular weight excluding hydrogens is 166 g/mol. The zero-order valence-electron chi connectivity index (χ0n) is 6.90. The smallest absolute Gasteiger partial charge is 0.177 e. The molecule has 0 amide bonds. The summed E-state index contributed by atoms with van der Waals surface area (Å²) >= 11 is 1.77. The Bertz CT molecular complexity index is 365. The molecule has 2 aromatic heterocycles. The Balaban J connectivity index is 2.48. The normalized spacial score (nSPS) is 10.1. The van der Waals surface area contributed by atoms with Gasteiger partial charge >= 0.3 is 0 Å². The maximum absolute atomic E-state index is 2.14. The van der Waals surface area contributed by atoms with E-state index >= 15 is 0 Å². The van der Waals surface area contributed by atoms with Gasteiger partial charge in [-0.15, -0.1) is 11.3 Å². The molecule has 0 fully saturated rings. The Morgan fingerprint density at radius 3 is 2.83 bits per heavy atom. The van der Waals surface area contributed by atoms with Crippen molar-refractivity contribution in [2.45, 2.75) is 0 Å². The summed E-state index contributed by atoms with van der Waals surface area (Å²) in [5.74, 6) is 0. The van der Waals surface area contributed by atoms with Gasteiger partial charge < -0.3 is 0 Å². The highest BCUT2D eigenvalue weighted by molar-refractivity contribution is 7.13. The second-order valence-corrected chi connectivity index (χ2v) is 3.68. The molecular formula is C10H10NS+. The van der Waals surface area contributed by atoms with Gasteiger partial charge in [-0.2, -0.15) is 0 Å². The van der Waals surface area contributed by atoms with Crippen LogP contribution in [0.5, 0.6) is 0 Å². The van der Waals surface area contributed by atoms with Crippen molar-refractivity contribution in [3.63, 3.8) is 0 Å². The Morgan fingerprint density at radius 1 is 1.25 bits per heavy atom. The topological polar surface area (TPSA) is 3.88 Å². The van der Waals surface area contributed by atoms with Gasteiger partial charge in [-0.1, -0.05) is 6.07 Å². The predicted molar refractivity (Wildman–Crippen MR) is 50.9 cm³/mol. The van der Waals surface area contributed by atoms with Crippen LogP contribution in [0.1, 0.15) is 0 Å². The Hall–Kier alpha value is -1.15. The van der Waals surface area contributed by atoms with Crippen molar-refractivity contribution in [2.24, 2.45) is 7.05 Å². The molecule has 2 aromatic rings. The van der Waals surface area contributed by atoms with Crippen LogP contribution in [0.15, 0.2) is 42.0 Å². The molecule has 0 radical (unpaired) electrons. The van der Waals surface area contributed by atoms with E-state index in [1.165, 1.54) is 10.4 Å². The number of aryl methyl sites for hydroxylation is 1. The van der Waals surface area contributed by atoms with Gasteiger partial charge in [0, 0.05) is 10.9 Å². The minimum absolute atomic E-state index is 1.29. The first-order valence-corrected chi connectivity index (χ1v) is 4.73. The standard InChI is InChI=1S/C10H10NS/c1-11-6-2-4-9(8-11)10-5-3-7-12-10/h2-8H,1H3/q+1. The maximum atomic E-state index is 2.14. The quantitative estimate of drug-likeness (QED) is 0.587. The number of thiophene rings is 1. The zero-order chi connectivity index (χ0) is 8.39. The highest BCUT2D eigenvalue weighted by Crippen LogP contribution is 2.22. The molecule has 0 bridgehead atoms. The molecule has 60 valence electrons. The van der Waals surface area contributed by atoms with Gasteiger partial charge in [0.05, 0.1) is 5.56 Å². The molecule has 0 aromatic carbocycles. The van der Waals surface area contributed by atoms with Crippen LogP contribution < -0.4 is 4.57 Å². The van der Waals surface area contributed by atoms with Crippen molar-refractivity contribution >= 4 is 11.3 Å². The van der Waals surface area contributed by atoms with E-state index in [0.29, 0.717) is 0 Å². The van der Waals surface area contributed by atoms with Gasteiger partial charge in [0.2, 0.25) is 0 Å². The molecule has 0 aliphatic heterocycles. The van der Waals surface area contributed by atoms with E-state index in [1.807, 2.05) is 13.2 Å². The third-order valence-corrected chi connectivity index (χ3v) is 2.66. The molecule has 2 rings (SSSR count). The van der Waals surface area contributed by atoms with Crippen molar-refractivity contribution in [3.8, 4) is 10.4 Å². The van der Waals surface area contributed by atoms with E-state index in [0.717, 1.165) is 0 Å². The molecule has 0 unspecified atom stereocenters. The third-order valence-electron chi connectivity index (χ3n) is 1.75. The average Bonchev–Trinajstić information content (AvgIpc) is 2.56. The number of aromatic nitrogens is 1. The van der Waals surface area contributed by atoms with E-state index in [-0.39, 0.29) is 0 Å². The van der Waals surface area contributed by atoms with Crippen LogP contribution in [0.3, 0.4) is 0 Å². The Morgan fingerprint density at radius 2 is 2.17 bits per heavy atom. The second kappa shape index (κ2) is 3.07. The molecule has 0 atom stereocenters. The molecule has 0 spiro atoms. The second-order valence-electron chi connectivity index (χ2n) is 2.74. The van der Waals surface area contributed by atoms with E-state index in [1.54, 1.807) is 11.3 Å². The molecule has 0 aliphatic carbocycles. The van der Waals surface area contributed by atoms with Crippen LogP contribution in [0.2, 0.25) is 0 Å². The lowest BCUT2D eigenvalue weighted by Gasteiger charge is -1.92. The molecule has 0 aliphatic rings. The fourth-order valence-corrected chi connectivity index (χ4v) is 1.89. The summed E-state index contributed by atoms with van der Waals surface area (Å²) in [5, 5.41) is 2.10. The third kappa shape index (κ3) is 1.38. The van der Waals surface area contributed by atoms with Crippen molar-refractivity contribution in [2.75, 3.05) is 0 Å². The molecule has 2 heteroatoms. The number of pyridine rings is 1. The van der Waals surface area contributed by atoms with Crippen molar-refractivity contribution in [3.05, 3.63) is 42.0 Å². The summed E-state index contributed by atoms with van der Waals surface area (Å²) in [5.41, 5.74) is 1.29. The fourth-order valence-electron chi connectivity index (χ4n) is 1.18. The lowest BCUT2D eigenvalue weighted by atomic mass is 10.2. The van der Waals surface area contributed by atoms with Gasteiger partial charge in [-0.3, -0.25) is 0 Å². The first-order valence-electron chi connectivity index (χ1n) is 3.85. The van der Waals surface area contributed by atoms with Crippen molar-refractivity contribution in [1.29, 1.82) is 0 Å². The monoisotopic (exact) mass is 176 g/mol. The molecule has 2 heterocycles. The summed E-state index contributed by atoms with van der Waals surface area (Å²) < 4.78 is 2.06. The minimum atomic E-state index is 1.29. The zero-order valence-corrected chi connectivity index (χ0v) is 7.71. The van der Waals surface area contributed by atoms with Crippen LogP contribution in [0.4, 0.5) is 0 Å². The molecule has 0 N–H and O–H groups in total. The van der Waals surface area contributed by atoms with Crippen LogP contribution in [-0.4, -0.2) is 0 Å². The van der Waals surface area contributed by atoms with Gasteiger partial charge in [-0.25, -0.2) is 4.57 Å². The van der Waals surface area contributed by atoms with Crippen LogP contribution in [0.25, 0.3) is 10.4 Å². The first-order chi connectivity index (χ1) is 5.86. The van der Waals surface area contributed by atoms with E-state index in [9.17, 15) is 0 Å². The largest absolute Gasteiger partial charge is 0.207 e. The molecule has 0 saturated heterocycles. The van der Waals surface area contributed by atoms with Gasteiger partial charge in [0.15, 0.2) is 12.4 Å². The van der Waals surface area contributed by atoms with E-state index < -0.39 is 0 Å². The lowest BCUT2D eigenvalue weighted by Crippen LogP contribution is -2.26. The molecule has 0 saturated carbocycles. The summed E-state index contributed by atoms with van der Waals surface area (Å²) in [6.45, 7) is 0. The summed E-state index contributed by atoms with van der Waals surface area (Å²) in [4.78, 5) is 1.33. The predicted octanol–water partition coefficient (Wildman–Crippen LogP) is 2.24. The summed E-state index contributed by atoms with van der Waals surface area (Å²) in [6, 6.07) is 8.41. The first kappa shape index (κ1) is 7.50. The molecule has 1 nitrogen and oxygen atoms in total. The Kier molecular flexibility index (Phi) is 1.92. The number of hydrogen-bond acceptors (Lipinski definition) is 1. The van der Waals surface area contributed by atoms with Crippen molar-refractivity contribution in [1.82, 2.24) is 0 Å². The van der Waals surface area contributed by atoms with Gasteiger partial charge in [0.1, 0.15) is 7.05 Å². The number of rotatable bonds is 1. The number of nitrogens with zero attached hydrogens (tertiary/aromatic N) is 1. The van der Waals surface area contributed by atoms with Crippen LogP contribution >= 0.6 is 11.3 Å². The van der Waals surface area contributed by atoms with Crippen molar-refractivity contribution < 1.29 is 4.57 Å². The van der Waals surface area contributed by atoms with Gasteiger partial charge in [-0.05, 0) is 17.5 Å². The Labute approximate surface area is 75.9 Å². The van der Waals surface area contributed by atoms with E-state index in [2.05, 4.69) is 40.4 Å². The summed E-state index contributed by atoms with van der Waals surface area (Å²) in [7, 11) is 2.04. The van der Waals surface area contributed by atoms with E-state index in [4.69, 9.17) is 0 Å². The highest BCUT2D eigenvalue weighted by Gasteiger charge is 2.00. The van der Waals surface area contributed by atoms with Gasteiger partial charge in [0.25, 0.3) is 0 Å². The fraction of sp³-hybridized carbons (Fsp3) is 0.100. The minimum Gasteiger partial charge on any atom is -0.207 e. The van der Waals surface area contributed by atoms with Crippen LogP contribution in [0, 0.1) is 0 Å². The van der Waals surface area contributed by atoms with Crippen LogP contribution in [-0.2, 0) is 7.05 Å². The summed E-state index contributed by atoms with van der Waals surface area (Å²) in [6.07, 6.45) is 4.17. The number of hydrogen-bond donors (Lipinski definition) is 0. The average molecular weight is 176 g/mol. The SMILES string of the molecule is C[n+]1cccc(-c2cccs2)c1. The highest BCUT2D eigenvalue weighted by atomic mass is 32.1. The lowest BCUT2D eigenvalue weighted by molar-refractivity contribution is -0.671. The molecule has 12 heavy (non-hydrogen) atoms.